The number of hydrogen-bond donors (Lipinski definition) is 1. The largest absolute Gasteiger partial charge is 0.324 e. The first-order chi connectivity index (χ1) is 13.9. The second kappa shape index (κ2) is 9.26. The van der Waals surface area contributed by atoms with Gasteiger partial charge in [-0.05, 0) is 35.0 Å². The van der Waals surface area contributed by atoms with Crippen LogP contribution in [0.25, 0.3) is 10.8 Å². The Balaban J connectivity index is 1.74. The van der Waals surface area contributed by atoms with E-state index in [1.54, 1.807) is 42.1 Å². The number of hydrogen-bond acceptors (Lipinski definition) is 4. The molecule has 0 atom stereocenters. The highest BCUT2D eigenvalue weighted by Gasteiger charge is 2.23. The number of benzene rings is 3. The maximum absolute atomic E-state index is 12.9. The maximum Gasteiger partial charge on any atom is 0.243 e. The molecule has 5 nitrogen and oxygen atoms in total. The summed E-state index contributed by atoms with van der Waals surface area (Å²) in [5, 5.41) is 4.60. The molecule has 3 aromatic carbocycles. The summed E-state index contributed by atoms with van der Waals surface area (Å²) in [5.41, 5.74) is 0.654. The molecule has 0 spiro atoms. The Morgan fingerprint density at radius 3 is 2.52 bits per heavy atom. The molecule has 0 aliphatic carbocycles. The number of fused-ring (bicyclic) bond motifs is 1. The Bertz CT molecular complexity index is 1140. The Morgan fingerprint density at radius 1 is 1.07 bits per heavy atom. The summed E-state index contributed by atoms with van der Waals surface area (Å²) < 4.78 is 26.9. The van der Waals surface area contributed by atoms with Gasteiger partial charge in [-0.25, -0.2) is 8.42 Å². The van der Waals surface area contributed by atoms with Crippen molar-refractivity contribution < 1.29 is 13.2 Å². The Kier molecular flexibility index (Phi) is 6.74. The summed E-state index contributed by atoms with van der Waals surface area (Å²) in [4.78, 5) is 13.6. The predicted octanol–water partition coefficient (Wildman–Crippen LogP) is 4.38. The molecule has 150 valence electrons. The molecule has 3 aromatic rings. The van der Waals surface area contributed by atoms with Crippen molar-refractivity contribution in [2.24, 2.45) is 0 Å². The van der Waals surface area contributed by atoms with E-state index in [1.807, 2.05) is 42.5 Å². The van der Waals surface area contributed by atoms with Crippen molar-refractivity contribution in [3.05, 3.63) is 79.4 Å². The molecular formula is C22H22N2O3S2. The summed E-state index contributed by atoms with van der Waals surface area (Å²) in [7, 11) is -2.38. The summed E-state index contributed by atoms with van der Waals surface area (Å²) >= 11 is 1.55. The van der Waals surface area contributed by atoms with E-state index < -0.39 is 15.9 Å². The van der Waals surface area contributed by atoms with Crippen molar-refractivity contribution in [2.45, 2.75) is 9.79 Å². The topological polar surface area (TPSA) is 66.5 Å². The predicted molar refractivity (Wildman–Crippen MR) is 120 cm³/mol. The van der Waals surface area contributed by atoms with Gasteiger partial charge in [0.15, 0.2) is 0 Å². The second-order valence-electron chi connectivity index (χ2n) is 6.41. The maximum atomic E-state index is 12.9. The lowest BCUT2D eigenvalue weighted by atomic mass is 10.1. The Labute approximate surface area is 175 Å². The summed E-state index contributed by atoms with van der Waals surface area (Å²) in [6.07, 6.45) is 1.78. The lowest BCUT2D eigenvalue weighted by Gasteiger charge is -2.18. The molecule has 29 heavy (non-hydrogen) atoms. The Morgan fingerprint density at radius 2 is 1.76 bits per heavy atom. The van der Waals surface area contributed by atoms with E-state index in [2.05, 4.69) is 11.9 Å². The number of para-hydroxylation sites is 1. The van der Waals surface area contributed by atoms with Crippen LogP contribution in [0.3, 0.4) is 0 Å². The number of nitrogens with zero attached hydrogens (tertiary/aromatic N) is 1. The molecule has 0 aliphatic heterocycles. The van der Waals surface area contributed by atoms with Gasteiger partial charge in [-0.1, -0.05) is 48.5 Å². The van der Waals surface area contributed by atoms with Crippen LogP contribution in [-0.4, -0.2) is 38.0 Å². The fourth-order valence-corrected chi connectivity index (χ4v) is 4.74. The standard InChI is InChI=1S/C22H22N2O3S2/c1-3-14-28-21-11-7-6-10-20(21)23-22(25)16-24(2)29(26,27)19-13-12-17-8-4-5-9-18(17)15-19/h3-13,15H,1,14,16H2,2H3,(H,23,25). The molecule has 0 radical (unpaired) electrons. The number of thioether (sulfide) groups is 1. The summed E-state index contributed by atoms with van der Waals surface area (Å²) in [6.45, 7) is 3.42. The number of sulfonamides is 1. The van der Waals surface area contributed by atoms with Crippen molar-refractivity contribution in [3.8, 4) is 0 Å². The highest BCUT2D eigenvalue weighted by atomic mass is 32.2. The number of nitrogens with one attached hydrogen (secondary N) is 1. The van der Waals surface area contributed by atoms with E-state index in [0.29, 0.717) is 11.4 Å². The lowest BCUT2D eigenvalue weighted by Crippen LogP contribution is -2.35. The van der Waals surface area contributed by atoms with Crippen LogP contribution in [0.4, 0.5) is 5.69 Å². The number of likely N-dealkylation sites (N-methyl/N-ethyl adjacent to an activating group) is 1. The van der Waals surface area contributed by atoms with Crippen LogP contribution in [-0.2, 0) is 14.8 Å². The number of amides is 1. The molecule has 7 heteroatoms. The van der Waals surface area contributed by atoms with Crippen LogP contribution in [0, 0.1) is 0 Å². The van der Waals surface area contributed by atoms with Crippen molar-refractivity contribution in [1.29, 1.82) is 0 Å². The average Bonchev–Trinajstić information content (AvgIpc) is 2.72. The van der Waals surface area contributed by atoms with E-state index in [9.17, 15) is 13.2 Å². The minimum absolute atomic E-state index is 0.161. The third-order valence-electron chi connectivity index (χ3n) is 4.31. The quantitative estimate of drug-likeness (QED) is 0.429. The first-order valence-electron chi connectivity index (χ1n) is 8.99. The normalized spacial score (nSPS) is 11.5. The van der Waals surface area contributed by atoms with Gasteiger partial charge in [-0.3, -0.25) is 4.79 Å². The van der Waals surface area contributed by atoms with Gasteiger partial charge in [-0.2, -0.15) is 4.31 Å². The van der Waals surface area contributed by atoms with Crippen LogP contribution in [0.15, 0.2) is 89.2 Å². The SMILES string of the molecule is C=CCSc1ccccc1NC(=O)CN(C)S(=O)(=O)c1ccc2ccccc2c1. The van der Waals surface area contributed by atoms with Crippen LogP contribution in [0.5, 0.6) is 0 Å². The zero-order chi connectivity index (χ0) is 20.9. The molecule has 0 heterocycles. The number of anilines is 1. The van der Waals surface area contributed by atoms with Gasteiger partial charge in [0.05, 0.1) is 17.1 Å². The van der Waals surface area contributed by atoms with Crippen LogP contribution >= 0.6 is 11.8 Å². The molecule has 0 saturated heterocycles. The molecule has 0 aromatic heterocycles. The summed E-state index contributed by atoms with van der Waals surface area (Å²) in [6, 6.07) is 19.9. The van der Waals surface area contributed by atoms with Gasteiger partial charge in [0.1, 0.15) is 0 Å². The van der Waals surface area contributed by atoms with Gasteiger partial charge < -0.3 is 5.32 Å². The molecule has 0 unspecified atom stereocenters. The number of rotatable bonds is 8. The minimum Gasteiger partial charge on any atom is -0.324 e. The van der Waals surface area contributed by atoms with E-state index in [4.69, 9.17) is 0 Å². The molecule has 1 amide bonds. The van der Waals surface area contributed by atoms with Crippen molar-refractivity contribution in [3.63, 3.8) is 0 Å². The molecule has 1 N–H and O–H groups in total. The van der Waals surface area contributed by atoms with Crippen LogP contribution in [0.2, 0.25) is 0 Å². The second-order valence-corrected chi connectivity index (χ2v) is 9.52. The average molecular weight is 427 g/mol. The highest BCUT2D eigenvalue weighted by molar-refractivity contribution is 7.99. The number of carbonyl (C=O) groups is 1. The van der Waals surface area contributed by atoms with Gasteiger partial charge >= 0.3 is 0 Å². The molecule has 0 aliphatic rings. The molecule has 0 bridgehead atoms. The van der Waals surface area contributed by atoms with Gasteiger partial charge in [0.25, 0.3) is 0 Å². The molecule has 3 rings (SSSR count). The lowest BCUT2D eigenvalue weighted by molar-refractivity contribution is -0.116. The zero-order valence-electron chi connectivity index (χ0n) is 16.0. The monoisotopic (exact) mass is 426 g/mol. The minimum atomic E-state index is -3.79. The third kappa shape index (κ3) is 5.06. The smallest absolute Gasteiger partial charge is 0.243 e. The van der Waals surface area contributed by atoms with Crippen molar-refractivity contribution >= 4 is 44.2 Å². The van der Waals surface area contributed by atoms with Gasteiger partial charge in [0, 0.05) is 17.7 Å². The number of carbonyl (C=O) groups excluding carboxylic acids is 1. The highest BCUT2D eigenvalue weighted by Crippen LogP contribution is 2.27. The molecular weight excluding hydrogens is 404 g/mol. The van der Waals surface area contributed by atoms with E-state index in [1.165, 1.54) is 7.05 Å². The van der Waals surface area contributed by atoms with Crippen molar-refractivity contribution in [2.75, 3.05) is 24.7 Å². The zero-order valence-corrected chi connectivity index (χ0v) is 17.7. The molecule has 0 fully saturated rings. The van der Waals surface area contributed by atoms with E-state index >= 15 is 0 Å². The van der Waals surface area contributed by atoms with Crippen molar-refractivity contribution in [1.82, 2.24) is 4.31 Å². The van der Waals surface area contributed by atoms with E-state index in [0.717, 1.165) is 20.0 Å². The van der Waals surface area contributed by atoms with Crippen LogP contribution in [0.1, 0.15) is 0 Å². The fourth-order valence-electron chi connectivity index (χ4n) is 2.83. The summed E-state index contributed by atoms with van der Waals surface area (Å²) in [5.74, 6) is 0.312. The fraction of sp³-hybridized carbons (Fsp3) is 0.136. The van der Waals surface area contributed by atoms with Gasteiger partial charge in [-0.15, -0.1) is 18.3 Å². The molecule has 0 saturated carbocycles. The first-order valence-corrected chi connectivity index (χ1v) is 11.4. The first kappa shape index (κ1) is 21.1. The van der Waals surface area contributed by atoms with E-state index in [-0.39, 0.29) is 11.4 Å². The van der Waals surface area contributed by atoms with Gasteiger partial charge in [0.2, 0.25) is 15.9 Å². The van der Waals surface area contributed by atoms with Crippen LogP contribution < -0.4 is 5.32 Å². The Hall–Kier alpha value is -2.61. The third-order valence-corrected chi connectivity index (χ3v) is 7.18.